The summed E-state index contributed by atoms with van der Waals surface area (Å²) in [6.07, 6.45) is 2.51. The van der Waals surface area contributed by atoms with Gasteiger partial charge in [-0.05, 0) is 26.3 Å². The fraction of sp³-hybridized carbons (Fsp3) is 0.471. The Morgan fingerprint density at radius 2 is 1.91 bits per heavy atom. The summed E-state index contributed by atoms with van der Waals surface area (Å²) in [5.74, 6) is 0.0540. The van der Waals surface area contributed by atoms with Crippen LogP contribution in [0, 0.1) is 6.92 Å². The summed E-state index contributed by atoms with van der Waals surface area (Å²) in [4.78, 5) is 4.43. The maximum atomic E-state index is 12.7. The number of sulfonamides is 1. The van der Waals surface area contributed by atoms with Gasteiger partial charge in [-0.15, -0.1) is 0 Å². The summed E-state index contributed by atoms with van der Waals surface area (Å²) < 4.78 is 29.2. The lowest BCUT2D eigenvalue weighted by Crippen LogP contribution is -2.37. The molecule has 124 valence electrons. The molecule has 0 spiro atoms. The molecule has 0 radical (unpaired) electrons. The Balaban J connectivity index is 1.81. The molecule has 1 aliphatic rings. The van der Waals surface area contributed by atoms with E-state index in [0.717, 1.165) is 22.5 Å². The molecular formula is C17H23N3O2S. The van der Waals surface area contributed by atoms with Crippen LogP contribution >= 0.6 is 0 Å². The van der Waals surface area contributed by atoms with Crippen molar-refractivity contribution in [1.82, 2.24) is 13.9 Å². The van der Waals surface area contributed by atoms with Crippen molar-refractivity contribution in [2.45, 2.75) is 45.5 Å². The molecule has 0 bridgehead atoms. The number of rotatable bonds is 4. The van der Waals surface area contributed by atoms with Crippen molar-refractivity contribution in [3.05, 3.63) is 53.1 Å². The van der Waals surface area contributed by atoms with E-state index in [0.29, 0.717) is 19.5 Å². The van der Waals surface area contributed by atoms with E-state index in [2.05, 4.69) is 23.4 Å². The third-order valence-corrected chi connectivity index (χ3v) is 6.12. The van der Waals surface area contributed by atoms with E-state index < -0.39 is 10.0 Å². The van der Waals surface area contributed by atoms with Gasteiger partial charge in [0.15, 0.2) is 0 Å². The van der Waals surface area contributed by atoms with Gasteiger partial charge in [-0.25, -0.2) is 13.4 Å². The molecule has 23 heavy (non-hydrogen) atoms. The first-order valence-electron chi connectivity index (χ1n) is 7.95. The summed E-state index contributed by atoms with van der Waals surface area (Å²) in [6, 6.07) is 7.97. The Kier molecular flexibility index (Phi) is 4.29. The normalized spacial score (nSPS) is 15.8. The molecule has 2 aromatic rings. The van der Waals surface area contributed by atoms with E-state index in [-0.39, 0.29) is 11.8 Å². The van der Waals surface area contributed by atoms with E-state index in [1.54, 1.807) is 4.31 Å². The summed E-state index contributed by atoms with van der Waals surface area (Å²) in [7, 11) is -3.32. The van der Waals surface area contributed by atoms with E-state index in [4.69, 9.17) is 0 Å². The van der Waals surface area contributed by atoms with Crippen molar-refractivity contribution in [2.24, 2.45) is 0 Å². The van der Waals surface area contributed by atoms with Crippen LogP contribution in [0.3, 0.4) is 0 Å². The molecule has 0 fully saturated rings. The summed E-state index contributed by atoms with van der Waals surface area (Å²) in [5, 5.41) is 0. The topological polar surface area (TPSA) is 55.2 Å². The number of aryl methyl sites for hydroxylation is 1. The second kappa shape index (κ2) is 6.09. The standard InChI is InChI=1S/C17H23N3O2S/c1-13(2)20-12-18-16-8-9-19(10-17(16)20)23(21,22)11-15-6-4-14(3)5-7-15/h4-7,12-13H,8-11H2,1-3H3. The number of nitrogens with zero attached hydrogens (tertiary/aromatic N) is 3. The van der Waals surface area contributed by atoms with Gasteiger partial charge in [0.1, 0.15) is 0 Å². The number of fused-ring (bicyclic) bond motifs is 1. The van der Waals surface area contributed by atoms with Gasteiger partial charge < -0.3 is 4.57 Å². The minimum absolute atomic E-state index is 0.0540. The second-order valence-electron chi connectivity index (χ2n) is 6.46. The van der Waals surface area contributed by atoms with E-state index in [1.807, 2.05) is 37.5 Å². The van der Waals surface area contributed by atoms with Gasteiger partial charge >= 0.3 is 0 Å². The molecule has 1 aromatic heterocycles. The van der Waals surface area contributed by atoms with Crippen LogP contribution in [0.15, 0.2) is 30.6 Å². The first-order valence-corrected chi connectivity index (χ1v) is 9.55. The van der Waals surface area contributed by atoms with E-state index in [9.17, 15) is 8.42 Å². The summed E-state index contributed by atoms with van der Waals surface area (Å²) >= 11 is 0. The number of hydrogen-bond donors (Lipinski definition) is 0. The van der Waals surface area contributed by atoms with Gasteiger partial charge in [-0.3, -0.25) is 0 Å². The smallest absolute Gasteiger partial charge is 0.218 e. The predicted molar refractivity (Wildman–Crippen MR) is 90.5 cm³/mol. The van der Waals surface area contributed by atoms with Gasteiger partial charge in [-0.2, -0.15) is 4.31 Å². The fourth-order valence-corrected chi connectivity index (χ4v) is 4.44. The molecule has 1 aliphatic heterocycles. The highest BCUT2D eigenvalue weighted by Crippen LogP contribution is 2.24. The maximum absolute atomic E-state index is 12.7. The van der Waals surface area contributed by atoms with Crippen molar-refractivity contribution in [3.8, 4) is 0 Å². The van der Waals surface area contributed by atoms with Gasteiger partial charge in [-0.1, -0.05) is 29.8 Å². The molecule has 0 N–H and O–H groups in total. The van der Waals surface area contributed by atoms with Crippen LogP contribution in [0.4, 0.5) is 0 Å². The molecule has 0 aliphatic carbocycles. The Morgan fingerprint density at radius 1 is 1.22 bits per heavy atom. The number of aromatic nitrogens is 2. The van der Waals surface area contributed by atoms with Crippen LogP contribution in [0.5, 0.6) is 0 Å². The second-order valence-corrected chi connectivity index (χ2v) is 8.43. The molecule has 0 unspecified atom stereocenters. The third-order valence-electron chi connectivity index (χ3n) is 4.33. The molecule has 0 atom stereocenters. The number of imidazole rings is 1. The minimum Gasteiger partial charge on any atom is -0.331 e. The monoisotopic (exact) mass is 333 g/mol. The first kappa shape index (κ1) is 16.2. The fourth-order valence-electron chi connectivity index (χ4n) is 2.95. The molecule has 0 saturated heterocycles. The highest BCUT2D eigenvalue weighted by atomic mass is 32.2. The van der Waals surface area contributed by atoms with E-state index in [1.165, 1.54) is 0 Å². The molecule has 1 aromatic carbocycles. The van der Waals surface area contributed by atoms with Crippen LogP contribution in [0.2, 0.25) is 0 Å². The summed E-state index contributed by atoms with van der Waals surface area (Å²) in [5.41, 5.74) is 4.02. The Morgan fingerprint density at radius 3 is 2.57 bits per heavy atom. The van der Waals surface area contributed by atoms with Crippen LogP contribution < -0.4 is 0 Å². The van der Waals surface area contributed by atoms with Crippen LogP contribution in [0.25, 0.3) is 0 Å². The quantitative estimate of drug-likeness (QED) is 0.864. The molecule has 0 saturated carbocycles. The first-order chi connectivity index (χ1) is 10.9. The zero-order valence-electron chi connectivity index (χ0n) is 13.9. The minimum atomic E-state index is -3.32. The largest absolute Gasteiger partial charge is 0.331 e. The molecule has 5 nitrogen and oxygen atoms in total. The molecule has 6 heteroatoms. The highest BCUT2D eigenvalue weighted by Gasteiger charge is 2.29. The van der Waals surface area contributed by atoms with Crippen molar-refractivity contribution in [1.29, 1.82) is 0 Å². The van der Waals surface area contributed by atoms with Crippen molar-refractivity contribution in [2.75, 3.05) is 6.54 Å². The lowest BCUT2D eigenvalue weighted by Gasteiger charge is -2.27. The molecule has 0 amide bonds. The van der Waals surface area contributed by atoms with Gasteiger partial charge in [0.05, 0.1) is 30.0 Å². The SMILES string of the molecule is Cc1ccc(CS(=O)(=O)N2CCc3ncn(C(C)C)c3C2)cc1. The van der Waals surface area contributed by atoms with Crippen LogP contribution in [0.1, 0.15) is 42.4 Å². The van der Waals surface area contributed by atoms with Crippen LogP contribution in [-0.4, -0.2) is 28.8 Å². The number of benzene rings is 1. The average molecular weight is 333 g/mol. The molecular weight excluding hydrogens is 310 g/mol. The Hall–Kier alpha value is -1.66. The maximum Gasteiger partial charge on any atom is 0.218 e. The average Bonchev–Trinajstić information content (AvgIpc) is 2.92. The van der Waals surface area contributed by atoms with Gasteiger partial charge in [0.2, 0.25) is 10.0 Å². The van der Waals surface area contributed by atoms with Gasteiger partial charge in [0, 0.05) is 19.0 Å². The molecule has 2 heterocycles. The lowest BCUT2D eigenvalue weighted by molar-refractivity contribution is 0.371. The summed E-state index contributed by atoms with van der Waals surface area (Å²) in [6.45, 7) is 7.10. The van der Waals surface area contributed by atoms with Gasteiger partial charge in [0.25, 0.3) is 0 Å². The van der Waals surface area contributed by atoms with Crippen LogP contribution in [-0.2, 0) is 28.7 Å². The molecule has 3 rings (SSSR count). The lowest BCUT2D eigenvalue weighted by atomic mass is 10.2. The van der Waals surface area contributed by atoms with E-state index >= 15 is 0 Å². The third kappa shape index (κ3) is 3.33. The predicted octanol–water partition coefficient (Wildman–Crippen LogP) is 2.66. The zero-order valence-corrected chi connectivity index (χ0v) is 14.7. The Labute approximate surface area is 138 Å². The van der Waals surface area contributed by atoms with Crippen molar-refractivity contribution >= 4 is 10.0 Å². The zero-order chi connectivity index (χ0) is 16.6. The Bertz CT molecular complexity index is 792. The highest BCUT2D eigenvalue weighted by molar-refractivity contribution is 7.88. The number of hydrogen-bond acceptors (Lipinski definition) is 3. The van der Waals surface area contributed by atoms with Crippen molar-refractivity contribution in [3.63, 3.8) is 0 Å². The van der Waals surface area contributed by atoms with Crippen molar-refractivity contribution < 1.29 is 8.42 Å².